The number of hydrogen-bond donors (Lipinski definition) is 1. The summed E-state index contributed by atoms with van der Waals surface area (Å²) in [4.78, 5) is 23.3. The van der Waals surface area contributed by atoms with Crippen molar-refractivity contribution in [2.75, 3.05) is 12.3 Å². The molecule has 0 bridgehead atoms. The maximum atomic E-state index is 11.9. The molecule has 1 unspecified atom stereocenters. The third kappa shape index (κ3) is 3.03. The number of carboxylic acids is 1. The molecule has 0 radical (unpaired) electrons. The minimum atomic E-state index is -3.13. The van der Waals surface area contributed by atoms with E-state index in [1.165, 1.54) is 0 Å². The van der Waals surface area contributed by atoms with Gasteiger partial charge < -0.3 is 0 Å². The number of rotatable bonds is 7. The summed E-state index contributed by atoms with van der Waals surface area (Å²) in [7, 11) is 0. The second kappa shape index (κ2) is 6.78. The fourth-order valence-electron chi connectivity index (χ4n) is 4.12. The molecule has 4 nitrogen and oxygen atoms in total. The van der Waals surface area contributed by atoms with Crippen LogP contribution in [0.2, 0.25) is 0 Å². The van der Waals surface area contributed by atoms with Crippen molar-refractivity contribution in [1.82, 2.24) is 0 Å². The number of aliphatic carboxylic acids is 1. The Hall–Kier alpha value is -1.41. The molecule has 1 aromatic carbocycles. The third-order valence-electron chi connectivity index (χ3n) is 5.08. The Morgan fingerprint density at radius 3 is 2.41 bits per heavy atom. The molecule has 1 heterocycles. The van der Waals surface area contributed by atoms with Crippen molar-refractivity contribution in [3.05, 3.63) is 35.9 Å². The van der Waals surface area contributed by atoms with Crippen LogP contribution in [0, 0.1) is 0 Å². The van der Waals surface area contributed by atoms with Crippen LogP contribution in [0.1, 0.15) is 38.2 Å². The molecule has 1 fully saturated rings. The van der Waals surface area contributed by atoms with E-state index in [9.17, 15) is 14.7 Å². The van der Waals surface area contributed by atoms with Gasteiger partial charge in [-0.1, -0.05) is 0 Å². The Morgan fingerprint density at radius 1 is 1.27 bits per heavy atom. The number of carbonyl (C=O) groups excluding carboxylic acids is 1. The first-order valence-electron chi connectivity index (χ1n) is 7.96. The van der Waals surface area contributed by atoms with Gasteiger partial charge in [-0.25, -0.2) is 0 Å². The molecule has 0 aliphatic carbocycles. The molecule has 1 aliphatic heterocycles. The molecule has 1 aromatic rings. The zero-order valence-corrected chi connectivity index (χ0v) is 14.0. The van der Waals surface area contributed by atoms with Crippen LogP contribution >= 0.6 is 6.83 Å². The quantitative estimate of drug-likeness (QED) is 0.611. The van der Waals surface area contributed by atoms with E-state index >= 15 is 0 Å². The molecular weight excluding hydrogens is 299 g/mol. The molecule has 22 heavy (non-hydrogen) atoms. The molecule has 1 N–H and O–H groups in total. The summed E-state index contributed by atoms with van der Waals surface area (Å²) in [6.07, 6.45) is 5.56. The summed E-state index contributed by atoms with van der Waals surface area (Å²) in [6.45, 7) is -0.728. The van der Waals surface area contributed by atoms with Crippen molar-refractivity contribution in [3.8, 4) is 0 Å². The third-order valence-corrected chi connectivity index (χ3v) is 11.8. The molecule has 1 aliphatic rings. The summed E-state index contributed by atoms with van der Waals surface area (Å²) in [5.41, 5.74) is 0.514. The molecule has 0 saturated carbocycles. The Bertz CT molecular complexity index is 523. The fraction of sp³-hybridized carbons (Fsp3) is 0.529. The van der Waals surface area contributed by atoms with Crippen LogP contribution in [0.4, 0.5) is 0 Å². The van der Waals surface area contributed by atoms with Crippen LogP contribution in [0.15, 0.2) is 30.3 Å². The van der Waals surface area contributed by atoms with Crippen LogP contribution in [0.25, 0.3) is 0 Å². The zero-order valence-electron chi connectivity index (χ0n) is 13.1. The van der Waals surface area contributed by atoms with Gasteiger partial charge >= 0.3 is 131 Å². The second-order valence-electron chi connectivity index (χ2n) is 6.33. The van der Waals surface area contributed by atoms with Crippen molar-refractivity contribution >= 4 is 19.3 Å². The van der Waals surface area contributed by atoms with E-state index in [1.807, 2.05) is 37.3 Å². The summed E-state index contributed by atoms with van der Waals surface area (Å²) >= 11 is 0. The number of hydrogen-bond acceptors (Lipinski definition) is 3. The van der Waals surface area contributed by atoms with Crippen molar-refractivity contribution < 1.29 is 19.2 Å². The van der Waals surface area contributed by atoms with Crippen LogP contribution in [0.5, 0.6) is 0 Å². The fourth-order valence-corrected chi connectivity index (χ4v) is 10.7. The summed E-state index contributed by atoms with van der Waals surface area (Å²) < 4.78 is 5.85. The van der Waals surface area contributed by atoms with E-state index in [-0.39, 0.29) is 0 Å². The zero-order chi connectivity index (χ0) is 16.1. The first-order valence-corrected chi connectivity index (χ1v) is 10.7. The molecule has 0 spiro atoms. The summed E-state index contributed by atoms with van der Waals surface area (Å²) in [5.74, 6) is -0.820. The predicted octanol–water partition coefficient (Wildman–Crippen LogP) is 3.88. The monoisotopic (exact) mass is 324 g/mol. The van der Waals surface area contributed by atoms with E-state index in [2.05, 4.69) is 0 Å². The maximum absolute atomic E-state index is 11.9. The Kier molecular flexibility index (Phi) is 5.23. The van der Waals surface area contributed by atoms with Gasteiger partial charge in [-0.3, -0.25) is 0 Å². The van der Waals surface area contributed by atoms with Crippen LogP contribution < -0.4 is 0 Å². The minimum absolute atomic E-state index is 0.508. The van der Waals surface area contributed by atoms with Gasteiger partial charge in [0.25, 0.3) is 0 Å². The number of carbonyl (C=O) groups is 2. The van der Waals surface area contributed by atoms with Crippen LogP contribution in [-0.2, 0) is 20.3 Å². The van der Waals surface area contributed by atoms with E-state index < -0.39 is 18.5 Å². The topological polar surface area (TPSA) is 63.6 Å². The van der Waals surface area contributed by atoms with E-state index in [0.29, 0.717) is 19.1 Å². The van der Waals surface area contributed by atoms with Crippen molar-refractivity contribution in [3.63, 3.8) is 0 Å². The average Bonchev–Trinajstić information content (AvgIpc) is 2.49. The molecule has 1 saturated heterocycles. The van der Waals surface area contributed by atoms with Crippen molar-refractivity contribution in [1.29, 1.82) is 0 Å². The molecule has 2 rings (SSSR count). The number of benzene rings is 1. The standard InChI is InChI=1S/C17H25O4P/c1-2-16(17(19)20)22(21-14-18,11-7-4-8-12-22)13-15-9-5-3-6-10-15/h3,5-6,9-10,14,16H,2,4,7-8,11-13H2,1H3,(H,19,20). The van der Waals surface area contributed by atoms with Gasteiger partial charge in [-0.15, -0.1) is 0 Å². The Labute approximate surface area is 131 Å². The van der Waals surface area contributed by atoms with Gasteiger partial charge in [0.05, 0.1) is 0 Å². The number of carboxylic acid groups (broad SMARTS) is 1. The van der Waals surface area contributed by atoms with Gasteiger partial charge in [0.1, 0.15) is 0 Å². The van der Waals surface area contributed by atoms with E-state index in [4.69, 9.17) is 4.52 Å². The first kappa shape index (κ1) is 17.0. The van der Waals surface area contributed by atoms with Gasteiger partial charge in [-0.2, -0.15) is 0 Å². The molecule has 0 amide bonds. The Balaban J connectivity index is 2.54. The first-order chi connectivity index (χ1) is 10.6. The van der Waals surface area contributed by atoms with E-state index in [1.54, 1.807) is 0 Å². The summed E-state index contributed by atoms with van der Waals surface area (Å²) in [6, 6.07) is 9.86. The van der Waals surface area contributed by atoms with Crippen molar-refractivity contribution in [2.24, 2.45) is 0 Å². The molecule has 1 atom stereocenters. The van der Waals surface area contributed by atoms with Gasteiger partial charge in [-0.05, 0) is 0 Å². The molecule has 5 heteroatoms. The molecular formula is C17H25O4P. The predicted molar refractivity (Wildman–Crippen MR) is 89.5 cm³/mol. The van der Waals surface area contributed by atoms with Gasteiger partial charge in [0.2, 0.25) is 0 Å². The van der Waals surface area contributed by atoms with Crippen LogP contribution in [0.3, 0.4) is 0 Å². The normalized spacial score (nSPS) is 22.7. The van der Waals surface area contributed by atoms with E-state index in [0.717, 1.165) is 37.1 Å². The summed E-state index contributed by atoms with van der Waals surface area (Å²) in [5, 5.41) is 9.80. The van der Waals surface area contributed by atoms with Gasteiger partial charge in [0.15, 0.2) is 0 Å². The molecule has 0 aromatic heterocycles. The Morgan fingerprint density at radius 2 is 1.91 bits per heavy atom. The second-order valence-corrected chi connectivity index (χ2v) is 11.8. The van der Waals surface area contributed by atoms with Crippen molar-refractivity contribution in [2.45, 2.75) is 44.4 Å². The van der Waals surface area contributed by atoms with Gasteiger partial charge in [0, 0.05) is 0 Å². The SMILES string of the molecule is CCC(C(=O)O)P1(Cc2ccccc2)(OC=O)CCCCC1. The average molecular weight is 324 g/mol. The molecule has 122 valence electrons. The van der Waals surface area contributed by atoms with Crippen LogP contribution in [-0.4, -0.2) is 35.5 Å².